The van der Waals surface area contributed by atoms with Gasteiger partial charge in [-0.25, -0.2) is 39.6 Å². The highest BCUT2D eigenvalue weighted by Crippen LogP contribution is 2.47. The Bertz CT molecular complexity index is 7530. The van der Waals surface area contributed by atoms with E-state index in [1.807, 2.05) is 210 Å². The van der Waals surface area contributed by atoms with E-state index in [0.717, 1.165) is 131 Å². The number of pyridine rings is 2. The van der Waals surface area contributed by atoms with Crippen LogP contribution in [0, 0.1) is 92.8 Å². The second kappa shape index (κ2) is 42.7. The van der Waals surface area contributed by atoms with Gasteiger partial charge in [0.1, 0.15) is 32.7 Å². The van der Waals surface area contributed by atoms with Crippen molar-refractivity contribution in [1.82, 2.24) is 73.7 Å². The molecule has 6 aliphatic rings. The Morgan fingerprint density at radius 1 is 0.407 bits per heavy atom. The Kier molecular flexibility index (Phi) is 31.0. The summed E-state index contributed by atoms with van der Waals surface area (Å²) in [5.41, 5.74) is 48.9. The Labute approximate surface area is 855 Å². The zero-order chi connectivity index (χ0) is 105. The fourth-order valence-corrected chi connectivity index (χ4v) is 20.1. The first kappa shape index (κ1) is 105. The molecule has 0 radical (unpaired) electrons. The molecule has 36 heteroatoms. The Hall–Kier alpha value is -17.2. The number of hydrogen-bond acceptors (Lipinski definition) is 27. The van der Waals surface area contributed by atoms with Gasteiger partial charge in [0.25, 0.3) is 0 Å². The molecule has 145 heavy (non-hydrogen) atoms. The van der Waals surface area contributed by atoms with Crippen molar-refractivity contribution >= 4 is 105 Å². The summed E-state index contributed by atoms with van der Waals surface area (Å²) in [6, 6.07) is 42.8. The van der Waals surface area contributed by atoms with E-state index in [1.54, 1.807) is 111 Å². The maximum atomic E-state index is 12.5. The van der Waals surface area contributed by atoms with Gasteiger partial charge >= 0.3 is 0 Å². The molecular weight excluding hydrogens is 1880 g/mol. The topological polar surface area (TPSA) is 444 Å². The number of aromatic nitrogens is 9. The van der Waals surface area contributed by atoms with Gasteiger partial charge in [-0.2, -0.15) is 15.3 Å². The van der Waals surface area contributed by atoms with E-state index in [1.165, 1.54) is 40.7 Å². The van der Waals surface area contributed by atoms with Crippen LogP contribution in [-0.4, -0.2) is 187 Å². The van der Waals surface area contributed by atoms with Crippen LogP contribution in [0.1, 0.15) is 170 Å². The first-order chi connectivity index (χ1) is 68.6. The van der Waals surface area contributed by atoms with Gasteiger partial charge in [-0.3, -0.25) is 77.5 Å². The highest BCUT2D eigenvalue weighted by molar-refractivity contribution is 7.15. The first-order valence-corrected chi connectivity index (χ1v) is 48.2. The fourth-order valence-electron chi connectivity index (χ4n) is 16.9. The lowest BCUT2D eigenvalue weighted by Crippen LogP contribution is -2.52. The number of aryl methyl sites for hydroxylation is 4. The molecule has 6 amide bonds. The summed E-state index contributed by atoms with van der Waals surface area (Å²) in [5.74, 6) is 23.1. The quantitative estimate of drug-likeness (QED) is 0.0619. The van der Waals surface area contributed by atoms with Gasteiger partial charge in [0, 0.05) is 169 Å². The van der Waals surface area contributed by atoms with E-state index in [2.05, 4.69) is 132 Å². The molecule has 12 N–H and O–H groups in total. The van der Waals surface area contributed by atoms with Crippen LogP contribution in [0.2, 0.25) is 0 Å². The van der Waals surface area contributed by atoms with Crippen molar-refractivity contribution in [3.05, 3.63) is 252 Å². The number of benzene rings is 4. The number of carbonyl (C=O) groups excluding carboxylic acids is 6. The van der Waals surface area contributed by atoms with Gasteiger partial charge in [0.2, 0.25) is 35.4 Å². The van der Waals surface area contributed by atoms with Crippen LogP contribution in [0.5, 0.6) is 0 Å². The number of thiazole rings is 1. The fraction of sp³-hybridized carbons (Fsp3) is 0.284. The number of nitrogens with zero attached hydrogens (tertiary/aromatic N) is 21. The van der Waals surface area contributed by atoms with E-state index in [4.69, 9.17) is 60.1 Å². The predicted molar refractivity (Wildman–Crippen MR) is 573 cm³/mol. The van der Waals surface area contributed by atoms with Crippen LogP contribution in [-0.2, 0) is 76.1 Å². The summed E-state index contributed by atoms with van der Waals surface area (Å²) in [5, 5.41) is 16.6. The molecule has 8 aromatic heterocycles. The van der Waals surface area contributed by atoms with Gasteiger partial charge in [-0.05, 0) is 182 Å². The second-order valence-corrected chi connectivity index (χ2v) is 39.8. The molecule has 12 aromatic rings. The van der Waals surface area contributed by atoms with Crippen molar-refractivity contribution in [3.63, 3.8) is 0 Å². The summed E-state index contributed by atoms with van der Waals surface area (Å²) in [7, 11) is 13.5. The number of amides is 6. The van der Waals surface area contributed by atoms with Crippen LogP contribution in [0.4, 0.5) is 0 Å². The first-order valence-electron chi connectivity index (χ1n) is 45.7. The Balaban J connectivity index is 0.000000146. The molecule has 18 rings (SSSR count). The highest BCUT2D eigenvalue weighted by atomic mass is 32.1. The molecule has 6 aliphatic heterocycles. The van der Waals surface area contributed by atoms with E-state index in [9.17, 15) is 28.8 Å². The molecule has 4 aromatic carbocycles. The van der Waals surface area contributed by atoms with Crippen LogP contribution in [0.25, 0.3) is 61.0 Å². The average Bonchev–Trinajstić information content (AvgIpc) is 1.68. The van der Waals surface area contributed by atoms with Gasteiger partial charge in [0.05, 0.1) is 82.6 Å². The molecule has 14 heterocycles. The number of aliphatic imine (C=N–C) groups is 6. The maximum absolute atomic E-state index is 12.5. The lowest BCUT2D eigenvalue weighted by Gasteiger charge is -2.37. The monoisotopic (exact) mass is 1990 g/mol. The van der Waals surface area contributed by atoms with E-state index < -0.39 is 33.2 Å². The van der Waals surface area contributed by atoms with Crippen LogP contribution in [0.3, 0.4) is 0 Å². The van der Waals surface area contributed by atoms with Crippen LogP contribution >= 0.6 is 34.0 Å². The van der Waals surface area contributed by atoms with E-state index in [-0.39, 0.29) is 103 Å². The largest absolute Gasteiger partial charge is 0.369 e. The number of terminal acetylenes is 4. The smallest absolute Gasteiger partial charge is 0.234 e. The Morgan fingerprint density at radius 2 is 0.848 bits per heavy atom. The number of nitrogens with two attached hydrogens (primary N) is 6. The third-order valence-electron chi connectivity index (χ3n) is 25.9. The molecule has 0 saturated carbocycles. The molecule has 33 nitrogen and oxygen atoms in total. The summed E-state index contributed by atoms with van der Waals surface area (Å²) in [4.78, 5) is 126. The van der Waals surface area contributed by atoms with Gasteiger partial charge in [-0.15, -0.1) is 71.5 Å². The minimum absolute atomic E-state index is 0.0190. The van der Waals surface area contributed by atoms with Crippen LogP contribution < -0.4 is 34.4 Å². The zero-order valence-corrected chi connectivity index (χ0v) is 86.6. The molecule has 7 atom stereocenters. The van der Waals surface area contributed by atoms with Gasteiger partial charge < -0.3 is 34.4 Å². The standard InChI is InChI=1S/C20H22N4OS.3C18H19N5O.C18H17N3OS.C17H17N5OS/c1-6-7-14-8-15(11-22-10-14)16-9-17(26-13(16)3)20(4)12(2)18(25)24(5)19(21)23-20;1-5-12-7-6-8-13(9-12)14-10-15(21-23(14)4)18(2)11-16(24)22(3)17(19)20-18;1-5-12-7-6-8-13(9-12)14-10-15(23(4)21-14)18(2)11-16(24)22(3)17(19)20-18;1-5-13-7-6-8-14(9-13)23-11-15(12(2)21-23)18(3)10-16(24)22(4)17(19)20-18;1-4-12-6-5-7-13(8-12)14-9-15(23-11-14)18(2)10-16(22)21(3)17(19)20-18;1-4-5-11-6-12(9-19-8-11)15-20-10-13(24-15)17(2)7-14(23)22(3)16(18)21-17/h8-12H,1-5H3,(H2,21,23);2*1,6-10H,11H2,2-4H3,(H2,19,20);1,6-9,11H,10H2,2-4H3,(H2,19,20);1,5-9,11H,10H2,2-3H3,(H2,19,20);6,8-10H,7H2,1-3H3,(H2,18,21)/t12-,20-;4*18-;17-/m000000/s1. The van der Waals surface area contributed by atoms with Crippen molar-refractivity contribution < 1.29 is 28.8 Å². The van der Waals surface area contributed by atoms with Crippen LogP contribution in [0.15, 0.2) is 206 Å². The van der Waals surface area contributed by atoms with E-state index >= 15 is 0 Å². The lowest BCUT2D eigenvalue weighted by molar-refractivity contribution is -0.133. The normalized spacial score (nSPS) is 21.0. The number of thiophene rings is 2. The third kappa shape index (κ3) is 22.6. The summed E-state index contributed by atoms with van der Waals surface area (Å²) >= 11 is 4.72. The molecular formula is C109H113N27O6S3. The molecule has 0 unspecified atom stereocenters. The van der Waals surface area contributed by atoms with Gasteiger partial charge in [-0.1, -0.05) is 84.9 Å². The van der Waals surface area contributed by atoms with Crippen molar-refractivity contribution in [2.45, 2.75) is 141 Å². The molecule has 0 fully saturated rings. The molecule has 0 bridgehead atoms. The molecule has 0 saturated heterocycles. The third-order valence-corrected chi connectivity index (χ3v) is 29.7. The number of rotatable bonds is 12. The predicted octanol–water partition coefficient (Wildman–Crippen LogP) is 12.4. The molecule has 0 aliphatic carbocycles. The van der Waals surface area contributed by atoms with Crippen molar-refractivity contribution in [1.29, 1.82) is 0 Å². The Morgan fingerprint density at radius 3 is 1.39 bits per heavy atom. The summed E-state index contributed by atoms with van der Waals surface area (Å²) in [6.45, 7) is 20.9. The minimum Gasteiger partial charge on any atom is -0.369 e. The summed E-state index contributed by atoms with van der Waals surface area (Å²) < 4.78 is 5.27. The average molecular weight is 1990 g/mol. The van der Waals surface area contributed by atoms with Gasteiger partial charge in [0.15, 0.2) is 35.8 Å². The number of hydrogen-bond donors (Lipinski definition) is 6. The van der Waals surface area contributed by atoms with Crippen molar-refractivity contribution in [2.24, 2.45) is 84.4 Å². The maximum Gasteiger partial charge on any atom is 0.234 e. The minimum atomic E-state index is -0.770. The lowest BCUT2D eigenvalue weighted by atomic mass is 9.83. The number of guanidine groups is 6. The molecule has 0 spiro atoms. The number of carbonyl (C=O) groups is 6. The highest BCUT2D eigenvalue weighted by Gasteiger charge is 2.47. The second-order valence-electron chi connectivity index (χ2n) is 36.6. The SMILES string of the molecule is C#Cc1cccc(-c2cc([C@]3(C)CC(=O)N(C)C(N)=N3)n(C)n2)c1.C#Cc1cccc(-c2cc([C@]3(C)CC(=O)N(C)C(N)=N3)nn2C)c1.C#Cc1cccc(-c2csc([C@]3(C)CC(=O)N(C)C(N)=N3)c2)c1.C#Cc1cccc(-n2cc([C@]3(C)CC(=O)N(C)C(N)=N3)c(C)n2)c1.CC#Cc1cncc(-c2cc([C@@]3(C)N=C(N)N(C)C(=O)[C@@H]3C)sc2C)c1.CC#Cc1cncc(-c2ncc([C@]3(C)CC(=O)N(C)C(N)=N3)s2)c1. The van der Waals surface area contributed by atoms with Crippen molar-refractivity contribution in [2.75, 3.05) is 42.3 Å². The zero-order valence-electron chi connectivity index (χ0n) is 84.2. The summed E-state index contributed by atoms with van der Waals surface area (Å²) in [6.07, 6.45) is 33.9. The molecule has 738 valence electrons. The van der Waals surface area contributed by atoms with E-state index in [0.29, 0.717) is 12.1 Å². The van der Waals surface area contributed by atoms with Crippen molar-refractivity contribution in [3.8, 4) is 134 Å².